The van der Waals surface area contributed by atoms with E-state index in [2.05, 4.69) is 10.5 Å². The van der Waals surface area contributed by atoms with Crippen LogP contribution in [0.1, 0.15) is 0 Å². The lowest BCUT2D eigenvalue weighted by atomic mass is 10.3. The summed E-state index contributed by atoms with van der Waals surface area (Å²) in [5.74, 6) is 0. The molecule has 2 N–H and O–H groups in total. The molecule has 1 aromatic carbocycles. The third-order valence-electron chi connectivity index (χ3n) is 1.30. The Hall–Kier alpha value is -1.09. The van der Waals surface area contributed by atoms with E-state index in [0.717, 1.165) is 15.9 Å². The molecule has 0 unspecified atom stereocenters. The van der Waals surface area contributed by atoms with Crippen LogP contribution in [-0.4, -0.2) is 4.98 Å². The number of benzene rings is 1. The molecule has 0 saturated carbocycles. The van der Waals surface area contributed by atoms with Crippen molar-refractivity contribution in [2.75, 3.05) is 5.73 Å². The Morgan fingerprint density at radius 3 is 3.30 bits per heavy atom. The van der Waals surface area contributed by atoms with E-state index in [4.69, 9.17) is 5.73 Å². The third-order valence-corrected chi connectivity index (χ3v) is 2.05. The second-order valence-electron chi connectivity index (χ2n) is 2.03. The molecule has 0 atom stereocenters. The van der Waals surface area contributed by atoms with Gasteiger partial charge in [-0.05, 0) is 18.2 Å². The standard InChI is InChI=1S/C7H5N2S/c8-5-1-2-7-6(3-5)9-4-10-7/h1-3H,8H2. The second-order valence-corrected chi connectivity index (χ2v) is 2.86. The van der Waals surface area contributed by atoms with E-state index in [1.54, 1.807) is 0 Å². The fraction of sp³-hybridized carbons (Fsp3) is 0. The summed E-state index contributed by atoms with van der Waals surface area (Å²) in [5, 5.41) is 0. The first kappa shape index (κ1) is 5.68. The number of thiazole rings is 1. The van der Waals surface area contributed by atoms with Crippen LogP contribution in [0.2, 0.25) is 0 Å². The Labute approximate surface area is 62.3 Å². The van der Waals surface area contributed by atoms with Gasteiger partial charge in [0.2, 0.25) is 0 Å². The van der Waals surface area contributed by atoms with Crippen molar-refractivity contribution in [1.82, 2.24) is 4.98 Å². The van der Waals surface area contributed by atoms with Gasteiger partial charge in [0.05, 0.1) is 10.2 Å². The topological polar surface area (TPSA) is 38.9 Å². The van der Waals surface area contributed by atoms with Crippen LogP contribution >= 0.6 is 11.3 Å². The second kappa shape index (κ2) is 1.95. The van der Waals surface area contributed by atoms with E-state index in [1.165, 1.54) is 11.3 Å². The molecule has 0 aliphatic carbocycles. The Bertz CT molecular complexity index is 353. The number of hydrogen-bond acceptors (Lipinski definition) is 3. The Kier molecular flexibility index (Phi) is 1.11. The number of anilines is 1. The fourth-order valence-corrected chi connectivity index (χ4v) is 1.42. The van der Waals surface area contributed by atoms with Crippen LogP contribution in [0.4, 0.5) is 5.69 Å². The van der Waals surface area contributed by atoms with E-state index >= 15 is 0 Å². The third kappa shape index (κ3) is 0.752. The van der Waals surface area contributed by atoms with Gasteiger partial charge in [-0.25, -0.2) is 4.98 Å². The van der Waals surface area contributed by atoms with E-state index in [1.807, 2.05) is 18.2 Å². The van der Waals surface area contributed by atoms with Crippen molar-refractivity contribution in [1.29, 1.82) is 0 Å². The predicted molar refractivity (Wildman–Crippen MR) is 42.9 cm³/mol. The molecule has 2 nitrogen and oxygen atoms in total. The number of aromatic nitrogens is 1. The minimum Gasteiger partial charge on any atom is -0.399 e. The highest BCUT2D eigenvalue weighted by atomic mass is 32.1. The van der Waals surface area contributed by atoms with Crippen LogP contribution in [0, 0.1) is 5.51 Å². The van der Waals surface area contributed by atoms with Crippen molar-refractivity contribution in [2.24, 2.45) is 0 Å². The minimum absolute atomic E-state index is 0.756. The molecule has 0 aliphatic rings. The van der Waals surface area contributed by atoms with Gasteiger partial charge in [0.15, 0.2) is 5.51 Å². The first-order valence-corrected chi connectivity index (χ1v) is 3.70. The van der Waals surface area contributed by atoms with Crippen LogP contribution < -0.4 is 5.73 Å². The maximum absolute atomic E-state index is 5.53. The molecule has 0 bridgehead atoms. The highest BCUT2D eigenvalue weighted by molar-refractivity contribution is 7.16. The van der Waals surface area contributed by atoms with Gasteiger partial charge in [0, 0.05) is 5.69 Å². The predicted octanol–water partition coefficient (Wildman–Crippen LogP) is 1.68. The van der Waals surface area contributed by atoms with Gasteiger partial charge in [-0.3, -0.25) is 0 Å². The summed E-state index contributed by atoms with van der Waals surface area (Å²) >= 11 is 1.50. The van der Waals surface area contributed by atoms with Crippen molar-refractivity contribution < 1.29 is 0 Å². The van der Waals surface area contributed by atoms with E-state index in [0.29, 0.717) is 0 Å². The maximum Gasteiger partial charge on any atom is 0.153 e. The van der Waals surface area contributed by atoms with Crippen molar-refractivity contribution in [3.63, 3.8) is 0 Å². The van der Waals surface area contributed by atoms with Gasteiger partial charge in [-0.2, -0.15) is 0 Å². The summed E-state index contributed by atoms with van der Waals surface area (Å²) in [7, 11) is 0. The summed E-state index contributed by atoms with van der Waals surface area (Å²) in [5.41, 5.74) is 10.0. The maximum atomic E-state index is 5.53. The van der Waals surface area contributed by atoms with Gasteiger partial charge in [0.1, 0.15) is 0 Å². The molecule has 0 spiro atoms. The number of hydrogen-bond donors (Lipinski definition) is 1. The molecule has 0 amide bonds. The molecule has 2 rings (SSSR count). The van der Waals surface area contributed by atoms with Gasteiger partial charge in [-0.1, -0.05) is 0 Å². The average Bonchev–Trinajstić information content (AvgIpc) is 2.33. The molecule has 1 radical (unpaired) electrons. The van der Waals surface area contributed by atoms with Crippen LogP contribution in [0.5, 0.6) is 0 Å². The molecule has 3 heteroatoms. The summed E-state index contributed by atoms with van der Waals surface area (Å²) in [6.07, 6.45) is 0. The largest absolute Gasteiger partial charge is 0.399 e. The summed E-state index contributed by atoms with van der Waals surface area (Å²) in [6.45, 7) is 0. The zero-order valence-electron chi connectivity index (χ0n) is 5.16. The monoisotopic (exact) mass is 149 g/mol. The molecule has 2 aromatic rings. The van der Waals surface area contributed by atoms with Gasteiger partial charge >= 0.3 is 0 Å². The Balaban J connectivity index is 2.86. The highest BCUT2D eigenvalue weighted by Crippen LogP contribution is 2.18. The lowest BCUT2D eigenvalue weighted by Crippen LogP contribution is -1.81. The Morgan fingerprint density at radius 1 is 1.50 bits per heavy atom. The highest BCUT2D eigenvalue weighted by Gasteiger charge is 1.94. The minimum atomic E-state index is 0.756. The normalized spacial score (nSPS) is 10.4. The van der Waals surface area contributed by atoms with Crippen LogP contribution in [0.25, 0.3) is 10.2 Å². The molecule has 0 aliphatic heterocycles. The lowest BCUT2D eigenvalue weighted by molar-refractivity contribution is 1.48. The zero-order chi connectivity index (χ0) is 6.97. The Morgan fingerprint density at radius 2 is 2.40 bits per heavy atom. The van der Waals surface area contributed by atoms with E-state index in [9.17, 15) is 0 Å². The molecular weight excluding hydrogens is 144 g/mol. The quantitative estimate of drug-likeness (QED) is 0.579. The molecule has 0 saturated heterocycles. The number of rotatable bonds is 0. The van der Waals surface area contributed by atoms with Gasteiger partial charge in [0.25, 0.3) is 0 Å². The summed E-state index contributed by atoms with van der Waals surface area (Å²) < 4.78 is 1.13. The number of nitrogens with zero attached hydrogens (tertiary/aromatic N) is 1. The number of nitrogens with two attached hydrogens (primary N) is 1. The molecular formula is C7H5N2S. The molecule has 10 heavy (non-hydrogen) atoms. The van der Waals surface area contributed by atoms with Crippen LogP contribution in [-0.2, 0) is 0 Å². The van der Waals surface area contributed by atoms with Crippen molar-refractivity contribution in [2.45, 2.75) is 0 Å². The van der Waals surface area contributed by atoms with Crippen molar-refractivity contribution >= 4 is 27.2 Å². The van der Waals surface area contributed by atoms with Gasteiger partial charge in [-0.15, -0.1) is 11.3 Å². The number of fused-ring (bicyclic) bond motifs is 1. The molecule has 0 fully saturated rings. The van der Waals surface area contributed by atoms with E-state index in [-0.39, 0.29) is 0 Å². The van der Waals surface area contributed by atoms with Crippen LogP contribution in [0.15, 0.2) is 18.2 Å². The fourth-order valence-electron chi connectivity index (χ4n) is 0.829. The summed E-state index contributed by atoms with van der Waals surface area (Å²) in [6, 6.07) is 5.68. The van der Waals surface area contributed by atoms with E-state index < -0.39 is 0 Å². The molecule has 1 aromatic heterocycles. The smallest absolute Gasteiger partial charge is 0.153 e. The van der Waals surface area contributed by atoms with Crippen molar-refractivity contribution in [3.05, 3.63) is 23.7 Å². The number of nitrogen functional groups attached to an aromatic ring is 1. The summed E-state index contributed by atoms with van der Waals surface area (Å²) in [4.78, 5) is 3.99. The first-order valence-electron chi connectivity index (χ1n) is 2.88. The SMILES string of the molecule is Nc1ccc2s[c]nc2c1. The molecule has 1 heterocycles. The van der Waals surface area contributed by atoms with Crippen molar-refractivity contribution in [3.8, 4) is 0 Å². The zero-order valence-corrected chi connectivity index (χ0v) is 5.98. The average molecular weight is 149 g/mol. The van der Waals surface area contributed by atoms with Gasteiger partial charge < -0.3 is 5.73 Å². The lowest BCUT2D eigenvalue weighted by Gasteiger charge is -1.89. The molecule has 49 valence electrons. The first-order chi connectivity index (χ1) is 4.86. The van der Waals surface area contributed by atoms with Crippen LogP contribution in [0.3, 0.4) is 0 Å².